The van der Waals surface area contributed by atoms with Crippen molar-refractivity contribution < 1.29 is 9.53 Å². The van der Waals surface area contributed by atoms with Crippen LogP contribution in [0.2, 0.25) is 0 Å². The molecule has 1 fully saturated rings. The summed E-state index contributed by atoms with van der Waals surface area (Å²) in [6.07, 6.45) is 2.86. The second-order valence-corrected chi connectivity index (χ2v) is 8.78. The Hall–Kier alpha value is -2.12. The molecule has 0 radical (unpaired) electrons. The molecule has 1 atom stereocenters. The summed E-state index contributed by atoms with van der Waals surface area (Å²) in [5.41, 5.74) is 0.985. The molecule has 4 rings (SSSR count). The van der Waals surface area contributed by atoms with Gasteiger partial charge < -0.3 is 15.0 Å². The fraction of sp³-hybridized carbons (Fsp3) is 0.400. The summed E-state index contributed by atoms with van der Waals surface area (Å²) < 4.78 is 6.42. The van der Waals surface area contributed by atoms with Crippen LogP contribution in [0.25, 0.3) is 10.2 Å². The molecule has 1 saturated heterocycles. The molecular weight excluding hydrogens is 378 g/mol. The zero-order valence-electron chi connectivity index (χ0n) is 15.3. The molecule has 2 aromatic heterocycles. The molecule has 142 valence electrons. The maximum Gasteiger partial charge on any atom is 0.224 e. The number of carbonyl (C=O) groups is 1. The Balaban J connectivity index is 1.37. The number of piperidine rings is 1. The van der Waals surface area contributed by atoms with Gasteiger partial charge in [-0.2, -0.15) is 0 Å². The summed E-state index contributed by atoms with van der Waals surface area (Å²) in [7, 11) is 1.68. The fourth-order valence-corrected chi connectivity index (χ4v) is 5.17. The molecule has 1 amide bonds. The van der Waals surface area contributed by atoms with Crippen molar-refractivity contribution in [1.82, 2.24) is 10.3 Å². The number of thiophene rings is 1. The summed E-state index contributed by atoms with van der Waals surface area (Å²) >= 11 is 3.40. The molecule has 1 N–H and O–H groups in total. The van der Waals surface area contributed by atoms with Gasteiger partial charge in [-0.05, 0) is 48.9 Å². The average molecular weight is 402 g/mol. The first-order valence-corrected chi connectivity index (χ1v) is 10.9. The SMILES string of the molecule is COc1ccc2nc(N3CCCC(C(=O)NCCc4cccs4)C3)sc2c1. The Bertz CT molecular complexity index is 907. The monoisotopic (exact) mass is 401 g/mol. The number of thiazole rings is 1. The molecule has 3 aromatic rings. The van der Waals surface area contributed by atoms with Crippen LogP contribution in [0.15, 0.2) is 35.7 Å². The molecule has 0 spiro atoms. The third-order valence-electron chi connectivity index (χ3n) is 4.90. The lowest BCUT2D eigenvalue weighted by Gasteiger charge is -2.31. The van der Waals surface area contributed by atoms with Crippen molar-refractivity contribution in [2.75, 3.05) is 31.6 Å². The van der Waals surface area contributed by atoms with Crippen LogP contribution in [0, 0.1) is 5.92 Å². The molecule has 0 saturated carbocycles. The highest BCUT2D eigenvalue weighted by Gasteiger charge is 2.27. The molecule has 5 nitrogen and oxygen atoms in total. The van der Waals surface area contributed by atoms with E-state index in [0.717, 1.165) is 53.4 Å². The van der Waals surface area contributed by atoms with E-state index in [1.165, 1.54) is 4.88 Å². The van der Waals surface area contributed by atoms with E-state index in [1.54, 1.807) is 29.8 Å². The number of rotatable bonds is 6. The van der Waals surface area contributed by atoms with Gasteiger partial charge in [0.15, 0.2) is 5.13 Å². The van der Waals surface area contributed by atoms with Gasteiger partial charge in [0.25, 0.3) is 0 Å². The van der Waals surface area contributed by atoms with E-state index in [2.05, 4.69) is 27.7 Å². The van der Waals surface area contributed by atoms with Crippen LogP contribution in [0.4, 0.5) is 5.13 Å². The minimum Gasteiger partial charge on any atom is -0.497 e. The van der Waals surface area contributed by atoms with Gasteiger partial charge in [-0.25, -0.2) is 4.98 Å². The van der Waals surface area contributed by atoms with Crippen molar-refractivity contribution in [3.05, 3.63) is 40.6 Å². The van der Waals surface area contributed by atoms with E-state index in [0.29, 0.717) is 6.54 Å². The normalized spacial score (nSPS) is 17.2. The highest BCUT2D eigenvalue weighted by atomic mass is 32.1. The number of ether oxygens (including phenoxy) is 1. The highest BCUT2D eigenvalue weighted by molar-refractivity contribution is 7.22. The average Bonchev–Trinajstić information content (AvgIpc) is 3.37. The van der Waals surface area contributed by atoms with Crippen LogP contribution in [0.5, 0.6) is 5.75 Å². The van der Waals surface area contributed by atoms with Crippen LogP contribution in [-0.2, 0) is 11.2 Å². The second kappa shape index (κ2) is 8.27. The van der Waals surface area contributed by atoms with E-state index in [4.69, 9.17) is 9.72 Å². The number of nitrogens with zero attached hydrogens (tertiary/aromatic N) is 2. The number of benzene rings is 1. The smallest absolute Gasteiger partial charge is 0.224 e. The molecule has 1 unspecified atom stereocenters. The van der Waals surface area contributed by atoms with Crippen LogP contribution >= 0.6 is 22.7 Å². The molecular formula is C20H23N3O2S2. The fourth-order valence-electron chi connectivity index (χ4n) is 3.43. The highest BCUT2D eigenvalue weighted by Crippen LogP contribution is 2.33. The largest absolute Gasteiger partial charge is 0.497 e. The van der Waals surface area contributed by atoms with Crippen molar-refractivity contribution in [2.45, 2.75) is 19.3 Å². The van der Waals surface area contributed by atoms with Crippen molar-refractivity contribution in [1.29, 1.82) is 0 Å². The van der Waals surface area contributed by atoms with Gasteiger partial charge >= 0.3 is 0 Å². The van der Waals surface area contributed by atoms with Crippen molar-refractivity contribution in [3.8, 4) is 5.75 Å². The first kappa shape index (κ1) is 18.3. The Morgan fingerprint density at radius 3 is 3.15 bits per heavy atom. The van der Waals surface area contributed by atoms with Gasteiger partial charge in [-0.3, -0.25) is 4.79 Å². The maximum atomic E-state index is 12.6. The van der Waals surface area contributed by atoms with Crippen LogP contribution in [0.1, 0.15) is 17.7 Å². The molecule has 3 heterocycles. The van der Waals surface area contributed by atoms with E-state index >= 15 is 0 Å². The Morgan fingerprint density at radius 1 is 1.41 bits per heavy atom. The predicted octanol–water partition coefficient (Wildman–Crippen LogP) is 3.94. The van der Waals surface area contributed by atoms with Gasteiger partial charge in [0.1, 0.15) is 5.75 Å². The zero-order chi connectivity index (χ0) is 18.6. The minimum absolute atomic E-state index is 0.0311. The third kappa shape index (κ3) is 4.25. The standard InChI is InChI=1S/C20H23N3O2S2/c1-25-15-6-7-17-18(12-15)27-20(22-17)23-10-2-4-14(13-23)19(24)21-9-8-16-5-3-11-26-16/h3,5-7,11-12,14H,2,4,8-10,13H2,1H3,(H,21,24). The Kier molecular flexibility index (Phi) is 5.59. The van der Waals surface area contributed by atoms with Crippen molar-refractivity contribution >= 4 is 43.9 Å². The number of methoxy groups -OCH3 is 1. The van der Waals surface area contributed by atoms with E-state index in [1.807, 2.05) is 18.2 Å². The number of anilines is 1. The summed E-state index contributed by atoms with van der Waals surface area (Å²) in [6.45, 7) is 2.40. The first-order chi connectivity index (χ1) is 13.2. The topological polar surface area (TPSA) is 54.5 Å². The predicted molar refractivity (Wildman–Crippen MR) is 112 cm³/mol. The molecule has 27 heavy (non-hydrogen) atoms. The number of aromatic nitrogens is 1. The molecule has 1 aromatic carbocycles. The molecule has 1 aliphatic rings. The van der Waals surface area contributed by atoms with E-state index < -0.39 is 0 Å². The minimum atomic E-state index is 0.0311. The molecule has 0 bridgehead atoms. The van der Waals surface area contributed by atoms with Gasteiger partial charge in [0.2, 0.25) is 5.91 Å². The number of fused-ring (bicyclic) bond motifs is 1. The van der Waals surface area contributed by atoms with Gasteiger partial charge in [-0.15, -0.1) is 11.3 Å². The lowest BCUT2D eigenvalue weighted by atomic mass is 9.97. The number of hydrogen-bond donors (Lipinski definition) is 1. The molecule has 0 aliphatic carbocycles. The lowest BCUT2D eigenvalue weighted by molar-refractivity contribution is -0.125. The van der Waals surface area contributed by atoms with Gasteiger partial charge in [0.05, 0.1) is 23.2 Å². The van der Waals surface area contributed by atoms with Crippen LogP contribution in [0.3, 0.4) is 0 Å². The maximum absolute atomic E-state index is 12.6. The second-order valence-electron chi connectivity index (χ2n) is 6.74. The lowest BCUT2D eigenvalue weighted by Crippen LogP contribution is -2.43. The van der Waals surface area contributed by atoms with E-state index in [9.17, 15) is 4.79 Å². The molecule has 1 aliphatic heterocycles. The third-order valence-corrected chi connectivity index (χ3v) is 6.91. The quantitative estimate of drug-likeness (QED) is 0.680. The summed E-state index contributed by atoms with van der Waals surface area (Å²) in [6, 6.07) is 10.1. The van der Waals surface area contributed by atoms with Gasteiger partial charge in [-0.1, -0.05) is 17.4 Å². The number of hydrogen-bond acceptors (Lipinski definition) is 6. The summed E-state index contributed by atoms with van der Waals surface area (Å²) in [5, 5.41) is 6.18. The van der Waals surface area contributed by atoms with Crippen LogP contribution in [-0.4, -0.2) is 37.6 Å². The van der Waals surface area contributed by atoms with Crippen LogP contribution < -0.4 is 15.0 Å². The van der Waals surface area contributed by atoms with Crippen molar-refractivity contribution in [3.63, 3.8) is 0 Å². The van der Waals surface area contributed by atoms with E-state index in [-0.39, 0.29) is 11.8 Å². The summed E-state index contributed by atoms with van der Waals surface area (Å²) in [4.78, 5) is 20.9. The van der Waals surface area contributed by atoms with Gasteiger partial charge in [0, 0.05) is 24.5 Å². The first-order valence-electron chi connectivity index (χ1n) is 9.22. The zero-order valence-corrected chi connectivity index (χ0v) is 16.9. The van der Waals surface area contributed by atoms with Crippen molar-refractivity contribution in [2.24, 2.45) is 5.92 Å². The molecule has 7 heteroatoms. The number of nitrogens with one attached hydrogen (secondary N) is 1. The Morgan fingerprint density at radius 2 is 2.33 bits per heavy atom. The number of amides is 1. The Labute approximate surface area is 167 Å². The number of carbonyl (C=O) groups excluding carboxylic acids is 1. The summed E-state index contributed by atoms with van der Waals surface area (Å²) in [5.74, 6) is 1.04.